The fourth-order valence-electron chi connectivity index (χ4n) is 2.70. The van der Waals surface area contributed by atoms with Gasteiger partial charge >= 0.3 is 5.97 Å². The van der Waals surface area contributed by atoms with Crippen LogP contribution in [0.3, 0.4) is 0 Å². The lowest BCUT2D eigenvalue weighted by Gasteiger charge is -2.12. The number of nitrogens with zero attached hydrogens (tertiary/aromatic N) is 1. The maximum atomic E-state index is 11.0. The number of rotatable bonds is 9. The van der Waals surface area contributed by atoms with E-state index in [0.717, 1.165) is 12.0 Å². The zero-order chi connectivity index (χ0) is 26.8. The summed E-state index contributed by atoms with van der Waals surface area (Å²) in [7, 11) is 1.37. The van der Waals surface area contributed by atoms with Crippen molar-refractivity contribution in [3.8, 4) is 11.5 Å². The van der Waals surface area contributed by atoms with Gasteiger partial charge in [-0.15, -0.1) is 0 Å². The SMILES string of the molecule is CCC(=O)OC(C)CCOCc1ccccc1.COc1ccnc(C(N)=O)c1O.Cc1ccccc1. The van der Waals surface area contributed by atoms with Crippen LogP contribution in [-0.4, -0.2) is 41.8 Å². The van der Waals surface area contributed by atoms with Crippen LogP contribution in [-0.2, 0) is 20.9 Å². The molecule has 0 spiro atoms. The van der Waals surface area contributed by atoms with E-state index >= 15 is 0 Å². The normalized spacial score (nSPS) is 10.6. The number of aryl methyl sites for hydroxylation is 1. The number of primary amides is 1. The Kier molecular flexibility index (Phi) is 14.7. The highest BCUT2D eigenvalue weighted by atomic mass is 16.5. The zero-order valence-corrected chi connectivity index (χ0v) is 21.3. The average molecular weight is 497 g/mol. The van der Waals surface area contributed by atoms with Gasteiger partial charge in [0.1, 0.15) is 6.10 Å². The Morgan fingerprint density at radius 2 is 1.64 bits per heavy atom. The lowest BCUT2D eigenvalue weighted by Crippen LogP contribution is -2.16. The molecule has 0 aliphatic rings. The average Bonchev–Trinajstić information content (AvgIpc) is 2.88. The van der Waals surface area contributed by atoms with E-state index < -0.39 is 5.91 Å². The molecular weight excluding hydrogens is 460 g/mol. The first-order valence-corrected chi connectivity index (χ1v) is 11.6. The highest BCUT2D eigenvalue weighted by Gasteiger charge is 2.12. The number of ether oxygens (including phenoxy) is 3. The van der Waals surface area contributed by atoms with Gasteiger partial charge in [0.2, 0.25) is 0 Å². The summed E-state index contributed by atoms with van der Waals surface area (Å²) in [5.41, 5.74) is 7.22. The highest BCUT2D eigenvalue weighted by molar-refractivity contribution is 5.94. The van der Waals surface area contributed by atoms with Crippen molar-refractivity contribution in [2.75, 3.05) is 13.7 Å². The van der Waals surface area contributed by atoms with Gasteiger partial charge in [0.15, 0.2) is 17.2 Å². The molecule has 3 aromatic rings. The third kappa shape index (κ3) is 12.5. The molecule has 194 valence electrons. The van der Waals surface area contributed by atoms with Gasteiger partial charge in [-0.2, -0.15) is 0 Å². The Hall–Kier alpha value is -3.91. The molecule has 0 aliphatic heterocycles. The monoisotopic (exact) mass is 496 g/mol. The van der Waals surface area contributed by atoms with Crippen LogP contribution in [0.5, 0.6) is 11.5 Å². The first-order valence-electron chi connectivity index (χ1n) is 11.6. The number of amides is 1. The zero-order valence-electron chi connectivity index (χ0n) is 21.3. The van der Waals surface area contributed by atoms with Crippen LogP contribution in [0.25, 0.3) is 0 Å². The lowest BCUT2D eigenvalue weighted by molar-refractivity contribution is -0.148. The summed E-state index contributed by atoms with van der Waals surface area (Å²) in [6, 6.07) is 21.7. The number of esters is 1. The largest absolute Gasteiger partial charge is 0.503 e. The van der Waals surface area contributed by atoms with Gasteiger partial charge in [0.25, 0.3) is 5.91 Å². The number of carbonyl (C=O) groups is 2. The Morgan fingerprint density at radius 3 is 2.14 bits per heavy atom. The van der Waals surface area contributed by atoms with Crippen LogP contribution in [0.2, 0.25) is 0 Å². The predicted octanol–water partition coefficient (Wildman–Crippen LogP) is 4.82. The van der Waals surface area contributed by atoms with Crippen LogP contribution in [0, 0.1) is 6.92 Å². The maximum absolute atomic E-state index is 11.0. The molecule has 0 radical (unpaired) electrons. The molecule has 8 nitrogen and oxygen atoms in total. The van der Waals surface area contributed by atoms with Gasteiger partial charge in [-0.1, -0.05) is 73.2 Å². The van der Waals surface area contributed by atoms with Crippen LogP contribution in [0.1, 0.15) is 48.3 Å². The summed E-state index contributed by atoms with van der Waals surface area (Å²) in [6.45, 7) is 6.97. The van der Waals surface area contributed by atoms with Crippen molar-refractivity contribution in [2.45, 2.75) is 46.3 Å². The second kappa shape index (κ2) is 17.5. The molecule has 3 N–H and O–H groups in total. The number of pyridine rings is 1. The summed E-state index contributed by atoms with van der Waals surface area (Å²) in [4.78, 5) is 25.2. The van der Waals surface area contributed by atoms with Crippen molar-refractivity contribution in [1.29, 1.82) is 0 Å². The number of aromatic hydroxyl groups is 1. The first kappa shape index (κ1) is 30.1. The Bertz CT molecular complexity index is 1030. The second-order valence-corrected chi connectivity index (χ2v) is 7.71. The molecule has 0 saturated carbocycles. The van der Waals surface area contributed by atoms with Crippen molar-refractivity contribution >= 4 is 11.9 Å². The molecule has 1 unspecified atom stereocenters. The van der Waals surface area contributed by atoms with Crippen molar-refractivity contribution in [1.82, 2.24) is 4.98 Å². The second-order valence-electron chi connectivity index (χ2n) is 7.71. The van der Waals surface area contributed by atoms with Crippen molar-refractivity contribution in [3.63, 3.8) is 0 Å². The lowest BCUT2D eigenvalue weighted by atomic mass is 10.2. The molecule has 1 atom stereocenters. The molecular formula is C28H36N2O6. The summed E-state index contributed by atoms with van der Waals surface area (Å²) in [6.07, 6.45) is 2.42. The molecule has 0 aliphatic carbocycles. The third-order valence-electron chi connectivity index (χ3n) is 4.68. The molecule has 2 aromatic carbocycles. The third-order valence-corrected chi connectivity index (χ3v) is 4.68. The van der Waals surface area contributed by atoms with Crippen LogP contribution in [0.4, 0.5) is 0 Å². The van der Waals surface area contributed by atoms with Crippen LogP contribution in [0.15, 0.2) is 72.9 Å². The molecule has 8 heteroatoms. The highest BCUT2D eigenvalue weighted by Crippen LogP contribution is 2.26. The minimum absolute atomic E-state index is 0.0711. The topological polar surface area (TPSA) is 121 Å². The Morgan fingerprint density at radius 1 is 1.03 bits per heavy atom. The Labute approximate surface area is 213 Å². The first-order chi connectivity index (χ1) is 17.3. The molecule has 1 aromatic heterocycles. The number of benzene rings is 2. The number of methoxy groups -OCH3 is 1. The van der Waals surface area contributed by atoms with E-state index in [1.807, 2.05) is 55.5 Å². The van der Waals surface area contributed by atoms with Gasteiger partial charge in [-0.25, -0.2) is 4.98 Å². The predicted molar refractivity (Wildman–Crippen MR) is 139 cm³/mol. The number of nitrogens with two attached hydrogens (primary N) is 1. The van der Waals surface area contributed by atoms with Gasteiger partial charge in [-0.05, 0) is 19.4 Å². The minimum atomic E-state index is -0.786. The van der Waals surface area contributed by atoms with Gasteiger partial charge in [0, 0.05) is 25.1 Å². The standard InChI is InChI=1S/C14H20O3.C7H8N2O3.C7H8/c1-3-14(15)17-12(2)9-10-16-11-13-7-5-4-6-8-13;1-12-4-2-3-9-5(6(4)10)7(8)11;1-7-5-3-2-4-6-7/h4-8,12H,3,9-11H2,1-2H3;2-3,10H,1H3,(H2,8,11);2-6H,1H3. The quantitative estimate of drug-likeness (QED) is 0.322. The molecule has 0 bridgehead atoms. The fraction of sp³-hybridized carbons (Fsp3) is 0.321. The van der Waals surface area contributed by atoms with Gasteiger partial charge in [-0.3, -0.25) is 9.59 Å². The van der Waals surface area contributed by atoms with E-state index in [2.05, 4.69) is 24.0 Å². The van der Waals surface area contributed by atoms with E-state index in [1.165, 1.54) is 24.9 Å². The van der Waals surface area contributed by atoms with Crippen LogP contribution >= 0.6 is 0 Å². The van der Waals surface area contributed by atoms with Crippen molar-refractivity contribution < 1.29 is 28.9 Å². The molecule has 1 amide bonds. The van der Waals surface area contributed by atoms with E-state index in [-0.39, 0.29) is 29.3 Å². The van der Waals surface area contributed by atoms with Gasteiger partial charge in [0.05, 0.1) is 20.3 Å². The number of carbonyl (C=O) groups excluding carboxylic acids is 2. The van der Waals surface area contributed by atoms with Gasteiger partial charge < -0.3 is 25.1 Å². The maximum Gasteiger partial charge on any atom is 0.305 e. The molecule has 36 heavy (non-hydrogen) atoms. The summed E-state index contributed by atoms with van der Waals surface area (Å²) >= 11 is 0. The van der Waals surface area contributed by atoms with E-state index in [1.54, 1.807) is 6.92 Å². The summed E-state index contributed by atoms with van der Waals surface area (Å²) in [5, 5.41) is 9.27. The van der Waals surface area contributed by atoms with E-state index in [9.17, 15) is 14.7 Å². The van der Waals surface area contributed by atoms with Crippen LogP contribution < -0.4 is 10.5 Å². The molecule has 0 saturated heterocycles. The summed E-state index contributed by atoms with van der Waals surface area (Å²) in [5.74, 6) is -1.08. The fourth-order valence-corrected chi connectivity index (χ4v) is 2.70. The summed E-state index contributed by atoms with van der Waals surface area (Å²) < 4.78 is 15.4. The minimum Gasteiger partial charge on any atom is -0.503 e. The van der Waals surface area contributed by atoms with Crippen molar-refractivity contribution in [3.05, 3.63) is 89.7 Å². The number of aromatic nitrogens is 1. The smallest absolute Gasteiger partial charge is 0.305 e. The van der Waals surface area contributed by atoms with Crippen molar-refractivity contribution in [2.24, 2.45) is 5.73 Å². The van der Waals surface area contributed by atoms with E-state index in [0.29, 0.717) is 19.6 Å². The number of hydrogen-bond acceptors (Lipinski definition) is 7. The molecule has 0 fully saturated rings. The molecule has 3 rings (SSSR count). The van der Waals surface area contributed by atoms with E-state index in [4.69, 9.17) is 19.9 Å². The number of hydrogen-bond donors (Lipinski definition) is 2. The molecule has 1 heterocycles. The Balaban J connectivity index is 0.000000295.